The van der Waals surface area contributed by atoms with E-state index in [2.05, 4.69) is 11.8 Å². The first kappa shape index (κ1) is 17.2. The van der Waals surface area contributed by atoms with Crippen LogP contribution in [0.1, 0.15) is 45.4 Å². The van der Waals surface area contributed by atoms with E-state index in [1.165, 1.54) is 19.3 Å². The number of nitrogens with two attached hydrogens (primary N) is 1. The molecule has 0 radical (unpaired) electrons. The predicted molar refractivity (Wildman–Crippen MR) is 86.6 cm³/mol. The van der Waals surface area contributed by atoms with E-state index < -0.39 is 10.0 Å². The van der Waals surface area contributed by atoms with Gasteiger partial charge in [0.05, 0.1) is 5.75 Å². The molecule has 2 aliphatic rings. The van der Waals surface area contributed by atoms with Crippen molar-refractivity contribution >= 4 is 10.0 Å². The first-order chi connectivity index (χ1) is 10.1. The number of sulfonamides is 1. The minimum Gasteiger partial charge on any atom is -0.329 e. The van der Waals surface area contributed by atoms with E-state index in [-0.39, 0.29) is 0 Å². The highest BCUT2D eigenvalue weighted by Crippen LogP contribution is 2.26. The van der Waals surface area contributed by atoms with Crippen LogP contribution in [0.3, 0.4) is 0 Å². The molecule has 5 nitrogen and oxygen atoms in total. The summed E-state index contributed by atoms with van der Waals surface area (Å²) in [6.07, 6.45) is 6.87. The average molecular weight is 317 g/mol. The number of rotatable bonds is 6. The summed E-state index contributed by atoms with van der Waals surface area (Å²) in [5.41, 5.74) is 5.78. The van der Waals surface area contributed by atoms with E-state index in [9.17, 15) is 8.42 Å². The van der Waals surface area contributed by atoms with Crippen molar-refractivity contribution in [2.75, 3.05) is 38.5 Å². The normalized spacial score (nSPS) is 25.0. The highest BCUT2D eigenvalue weighted by Gasteiger charge is 2.31. The van der Waals surface area contributed by atoms with Crippen LogP contribution < -0.4 is 5.73 Å². The van der Waals surface area contributed by atoms with Crippen LogP contribution in [0, 0.1) is 5.92 Å². The largest absolute Gasteiger partial charge is 0.329 e. The lowest BCUT2D eigenvalue weighted by Crippen LogP contribution is -2.54. The molecular weight excluding hydrogens is 286 g/mol. The Balaban J connectivity index is 1.85. The molecule has 1 aliphatic heterocycles. The molecule has 2 fully saturated rings. The van der Waals surface area contributed by atoms with Crippen molar-refractivity contribution in [1.82, 2.24) is 9.21 Å². The minimum absolute atomic E-state index is 0.362. The fourth-order valence-corrected chi connectivity index (χ4v) is 5.54. The minimum atomic E-state index is -3.07. The maximum atomic E-state index is 12.6. The van der Waals surface area contributed by atoms with Crippen LogP contribution in [0.2, 0.25) is 0 Å². The Labute approximate surface area is 129 Å². The smallest absolute Gasteiger partial charge is 0.214 e. The lowest BCUT2D eigenvalue weighted by Gasteiger charge is -2.38. The van der Waals surface area contributed by atoms with E-state index in [1.54, 1.807) is 4.31 Å². The second-order valence-electron chi connectivity index (χ2n) is 6.52. The van der Waals surface area contributed by atoms with E-state index in [4.69, 9.17) is 5.73 Å². The Hall–Kier alpha value is -0.170. The summed E-state index contributed by atoms with van der Waals surface area (Å²) in [6.45, 7) is 5.70. The average Bonchev–Trinajstić information content (AvgIpc) is 2.50. The highest BCUT2D eigenvalue weighted by molar-refractivity contribution is 7.89. The molecule has 1 aliphatic carbocycles. The molecule has 1 atom stereocenters. The Morgan fingerprint density at radius 1 is 1.10 bits per heavy atom. The summed E-state index contributed by atoms with van der Waals surface area (Å²) in [5.74, 6) is 0.746. The van der Waals surface area contributed by atoms with Crippen LogP contribution >= 0.6 is 0 Å². The molecule has 1 heterocycles. The third-order valence-electron chi connectivity index (χ3n) is 5.10. The Kier molecular flexibility index (Phi) is 6.47. The maximum absolute atomic E-state index is 12.6. The van der Waals surface area contributed by atoms with Crippen LogP contribution in [0.4, 0.5) is 0 Å². The van der Waals surface area contributed by atoms with Crippen LogP contribution in [0.5, 0.6) is 0 Å². The molecule has 0 bridgehead atoms. The molecule has 6 heteroatoms. The van der Waals surface area contributed by atoms with Gasteiger partial charge in [-0.15, -0.1) is 0 Å². The molecule has 0 aromatic heterocycles. The van der Waals surface area contributed by atoms with Crippen LogP contribution in [0.15, 0.2) is 0 Å². The molecule has 0 amide bonds. The zero-order valence-electron chi connectivity index (χ0n) is 13.3. The van der Waals surface area contributed by atoms with Gasteiger partial charge in [0.25, 0.3) is 0 Å². The van der Waals surface area contributed by atoms with Gasteiger partial charge in [-0.3, -0.25) is 4.90 Å². The molecule has 1 saturated heterocycles. The third-order valence-corrected chi connectivity index (χ3v) is 7.14. The molecule has 21 heavy (non-hydrogen) atoms. The van der Waals surface area contributed by atoms with Crippen molar-refractivity contribution in [2.45, 2.75) is 51.5 Å². The Morgan fingerprint density at radius 2 is 1.71 bits per heavy atom. The van der Waals surface area contributed by atoms with Crippen LogP contribution in [0.25, 0.3) is 0 Å². The standard InChI is InChI=1S/C15H31N3O2S/c1-2-15(12-16)17-8-10-18(11-9-17)21(19,20)13-14-6-4-3-5-7-14/h14-15H,2-13,16H2,1H3. The molecule has 124 valence electrons. The quantitative estimate of drug-likeness (QED) is 0.801. The number of hydrogen-bond donors (Lipinski definition) is 1. The van der Waals surface area contributed by atoms with Gasteiger partial charge in [0.1, 0.15) is 0 Å². The van der Waals surface area contributed by atoms with Crippen molar-refractivity contribution in [3.63, 3.8) is 0 Å². The van der Waals surface area contributed by atoms with Gasteiger partial charge in [-0.2, -0.15) is 4.31 Å². The molecule has 2 rings (SSSR count). The van der Waals surface area contributed by atoms with Crippen molar-refractivity contribution in [3.05, 3.63) is 0 Å². The van der Waals surface area contributed by atoms with E-state index >= 15 is 0 Å². The summed E-state index contributed by atoms with van der Waals surface area (Å²) in [7, 11) is -3.07. The predicted octanol–water partition coefficient (Wildman–Crippen LogP) is 1.25. The van der Waals surface area contributed by atoms with Crippen LogP contribution in [-0.2, 0) is 10.0 Å². The zero-order valence-corrected chi connectivity index (χ0v) is 14.2. The summed E-state index contributed by atoms with van der Waals surface area (Å²) in [6, 6.07) is 0.396. The number of hydrogen-bond acceptors (Lipinski definition) is 4. The first-order valence-corrected chi connectivity index (χ1v) is 10.1. The van der Waals surface area contributed by atoms with Gasteiger partial charge in [0.15, 0.2) is 0 Å². The Morgan fingerprint density at radius 3 is 2.24 bits per heavy atom. The summed E-state index contributed by atoms with van der Waals surface area (Å²) in [5, 5.41) is 0. The molecular formula is C15H31N3O2S. The van der Waals surface area contributed by atoms with Gasteiger partial charge < -0.3 is 5.73 Å². The van der Waals surface area contributed by atoms with Gasteiger partial charge in [0, 0.05) is 38.8 Å². The first-order valence-electron chi connectivity index (χ1n) is 8.48. The van der Waals surface area contributed by atoms with Crippen molar-refractivity contribution in [1.29, 1.82) is 0 Å². The fourth-order valence-electron chi connectivity index (χ4n) is 3.68. The van der Waals surface area contributed by atoms with Crippen molar-refractivity contribution < 1.29 is 8.42 Å². The molecule has 0 aromatic carbocycles. The lowest BCUT2D eigenvalue weighted by molar-refractivity contribution is 0.136. The van der Waals surface area contributed by atoms with Gasteiger partial charge in [0.2, 0.25) is 10.0 Å². The molecule has 0 spiro atoms. The summed E-state index contributed by atoms with van der Waals surface area (Å²) < 4.78 is 26.8. The second kappa shape index (κ2) is 7.90. The SMILES string of the molecule is CCC(CN)N1CCN(S(=O)(=O)CC2CCCCC2)CC1. The molecule has 1 unspecified atom stereocenters. The number of nitrogens with zero attached hydrogens (tertiary/aromatic N) is 2. The highest BCUT2D eigenvalue weighted by atomic mass is 32.2. The summed E-state index contributed by atoms with van der Waals surface area (Å²) >= 11 is 0. The molecule has 0 aromatic rings. The van der Waals surface area contributed by atoms with Gasteiger partial charge in [-0.05, 0) is 25.2 Å². The lowest BCUT2D eigenvalue weighted by atomic mass is 9.91. The van der Waals surface area contributed by atoms with E-state index in [0.29, 0.717) is 37.3 Å². The zero-order chi connectivity index (χ0) is 15.3. The second-order valence-corrected chi connectivity index (χ2v) is 8.53. The fraction of sp³-hybridized carbons (Fsp3) is 1.00. The topological polar surface area (TPSA) is 66.6 Å². The summed E-state index contributed by atoms with van der Waals surface area (Å²) in [4.78, 5) is 2.34. The molecule has 1 saturated carbocycles. The van der Waals surface area contributed by atoms with E-state index in [0.717, 1.165) is 32.4 Å². The maximum Gasteiger partial charge on any atom is 0.214 e. The van der Waals surface area contributed by atoms with Crippen molar-refractivity contribution in [3.8, 4) is 0 Å². The monoisotopic (exact) mass is 317 g/mol. The Bertz CT molecular complexity index is 395. The van der Waals surface area contributed by atoms with E-state index in [1.807, 2.05) is 0 Å². The van der Waals surface area contributed by atoms with Gasteiger partial charge in [-0.1, -0.05) is 26.2 Å². The van der Waals surface area contributed by atoms with Crippen LogP contribution in [-0.4, -0.2) is 62.1 Å². The third kappa shape index (κ3) is 4.65. The van der Waals surface area contributed by atoms with Crippen molar-refractivity contribution in [2.24, 2.45) is 11.7 Å². The molecule has 2 N–H and O–H groups in total. The number of piperazine rings is 1. The van der Waals surface area contributed by atoms with Gasteiger partial charge in [-0.25, -0.2) is 8.42 Å². The van der Waals surface area contributed by atoms with Gasteiger partial charge >= 0.3 is 0 Å².